The van der Waals surface area contributed by atoms with Crippen LogP contribution in [0.2, 0.25) is 0 Å². The van der Waals surface area contributed by atoms with E-state index in [2.05, 4.69) is 48.3 Å². The maximum atomic E-state index is 3.55. The van der Waals surface area contributed by atoms with E-state index in [9.17, 15) is 0 Å². The van der Waals surface area contributed by atoms with Gasteiger partial charge in [-0.05, 0) is 18.9 Å². The molecule has 1 aromatic rings. The molecule has 1 unspecified atom stereocenters. The fourth-order valence-electron chi connectivity index (χ4n) is 2.38. The summed E-state index contributed by atoms with van der Waals surface area (Å²) < 4.78 is 0. The summed E-state index contributed by atoms with van der Waals surface area (Å²) in [7, 11) is 0. The molecule has 1 atom stereocenters. The summed E-state index contributed by atoms with van der Waals surface area (Å²) in [5.41, 5.74) is 2.80. The second-order valence-corrected chi connectivity index (χ2v) is 4.78. The van der Waals surface area contributed by atoms with Gasteiger partial charge in [-0.3, -0.25) is 4.90 Å². The molecule has 2 heteroatoms. The molecule has 16 heavy (non-hydrogen) atoms. The van der Waals surface area contributed by atoms with Crippen LogP contribution in [0.1, 0.15) is 24.5 Å². The Morgan fingerprint density at radius 2 is 2.31 bits per heavy atom. The normalized spacial score (nSPS) is 22.2. The molecule has 1 aliphatic heterocycles. The van der Waals surface area contributed by atoms with Crippen LogP contribution in [0.5, 0.6) is 0 Å². The van der Waals surface area contributed by atoms with E-state index >= 15 is 0 Å². The van der Waals surface area contributed by atoms with Gasteiger partial charge in [0.15, 0.2) is 0 Å². The van der Waals surface area contributed by atoms with Crippen LogP contribution >= 0.6 is 0 Å². The van der Waals surface area contributed by atoms with E-state index in [1.165, 1.54) is 30.6 Å². The molecule has 1 N–H and O–H groups in total. The van der Waals surface area contributed by atoms with Crippen LogP contribution in [-0.4, -0.2) is 30.6 Å². The van der Waals surface area contributed by atoms with Crippen molar-refractivity contribution in [1.82, 2.24) is 10.2 Å². The smallest absolute Gasteiger partial charge is 0.0235 e. The van der Waals surface area contributed by atoms with Gasteiger partial charge in [-0.1, -0.05) is 36.8 Å². The molecule has 0 aromatic heterocycles. The van der Waals surface area contributed by atoms with E-state index < -0.39 is 0 Å². The Labute approximate surface area is 98.7 Å². The van der Waals surface area contributed by atoms with E-state index in [1.807, 2.05) is 0 Å². The molecule has 88 valence electrons. The number of aryl methyl sites for hydroxylation is 1. The van der Waals surface area contributed by atoms with Crippen molar-refractivity contribution in [3.05, 3.63) is 35.4 Å². The zero-order chi connectivity index (χ0) is 11.4. The lowest BCUT2D eigenvalue weighted by atomic mass is 10.1. The van der Waals surface area contributed by atoms with Gasteiger partial charge in [0.25, 0.3) is 0 Å². The summed E-state index contributed by atoms with van der Waals surface area (Å²) in [5, 5.41) is 3.55. The fraction of sp³-hybridized carbons (Fsp3) is 0.571. The van der Waals surface area contributed by atoms with Crippen molar-refractivity contribution < 1.29 is 0 Å². The van der Waals surface area contributed by atoms with Crippen LogP contribution in [-0.2, 0) is 6.54 Å². The van der Waals surface area contributed by atoms with Crippen molar-refractivity contribution in [2.75, 3.05) is 19.6 Å². The Morgan fingerprint density at radius 3 is 3.06 bits per heavy atom. The maximum Gasteiger partial charge on any atom is 0.0235 e. The average molecular weight is 218 g/mol. The van der Waals surface area contributed by atoms with Crippen LogP contribution in [0.25, 0.3) is 0 Å². The van der Waals surface area contributed by atoms with Crippen molar-refractivity contribution in [3.63, 3.8) is 0 Å². The number of hydrogen-bond acceptors (Lipinski definition) is 2. The van der Waals surface area contributed by atoms with Crippen LogP contribution in [0, 0.1) is 6.92 Å². The number of hydrogen-bond donors (Lipinski definition) is 1. The highest BCUT2D eigenvalue weighted by atomic mass is 15.2. The molecule has 1 heterocycles. The lowest BCUT2D eigenvalue weighted by molar-refractivity contribution is 0.190. The SMILES string of the molecule is CCC1CN(Cc2cccc(C)c2)CCN1. The van der Waals surface area contributed by atoms with Gasteiger partial charge in [-0.15, -0.1) is 0 Å². The molecule has 1 saturated heterocycles. The van der Waals surface area contributed by atoms with Gasteiger partial charge in [-0.2, -0.15) is 0 Å². The average Bonchev–Trinajstić information content (AvgIpc) is 2.29. The van der Waals surface area contributed by atoms with Crippen LogP contribution in [0.3, 0.4) is 0 Å². The minimum Gasteiger partial charge on any atom is -0.311 e. The third-order valence-electron chi connectivity index (χ3n) is 3.32. The van der Waals surface area contributed by atoms with Crippen molar-refractivity contribution >= 4 is 0 Å². The zero-order valence-electron chi connectivity index (χ0n) is 10.4. The molecule has 0 radical (unpaired) electrons. The Morgan fingerprint density at radius 1 is 1.44 bits per heavy atom. The van der Waals surface area contributed by atoms with Crippen molar-refractivity contribution in [2.24, 2.45) is 0 Å². The van der Waals surface area contributed by atoms with E-state index in [-0.39, 0.29) is 0 Å². The first kappa shape index (κ1) is 11.6. The molecular weight excluding hydrogens is 196 g/mol. The van der Waals surface area contributed by atoms with Gasteiger partial charge in [0, 0.05) is 32.2 Å². The molecule has 1 fully saturated rings. The molecule has 0 amide bonds. The van der Waals surface area contributed by atoms with Crippen molar-refractivity contribution in [3.8, 4) is 0 Å². The van der Waals surface area contributed by atoms with Crippen molar-refractivity contribution in [1.29, 1.82) is 0 Å². The molecule has 0 saturated carbocycles. The van der Waals surface area contributed by atoms with E-state index in [0.29, 0.717) is 6.04 Å². The molecule has 1 aromatic carbocycles. The fourth-order valence-corrected chi connectivity index (χ4v) is 2.38. The predicted octanol–water partition coefficient (Wildman–Crippen LogP) is 2.18. The monoisotopic (exact) mass is 218 g/mol. The van der Waals surface area contributed by atoms with Crippen LogP contribution in [0.4, 0.5) is 0 Å². The number of benzene rings is 1. The first-order valence-corrected chi connectivity index (χ1v) is 6.29. The molecule has 0 aliphatic carbocycles. The van der Waals surface area contributed by atoms with Gasteiger partial charge in [0.2, 0.25) is 0 Å². The standard InChI is InChI=1S/C14H22N2/c1-3-14-11-16(8-7-15-14)10-13-6-4-5-12(2)9-13/h4-6,9,14-15H,3,7-8,10-11H2,1-2H3. The summed E-state index contributed by atoms with van der Waals surface area (Å²) in [4.78, 5) is 2.55. The molecule has 2 rings (SSSR count). The topological polar surface area (TPSA) is 15.3 Å². The minimum atomic E-state index is 0.679. The molecule has 1 aliphatic rings. The number of rotatable bonds is 3. The van der Waals surface area contributed by atoms with E-state index in [1.54, 1.807) is 0 Å². The number of nitrogens with zero attached hydrogens (tertiary/aromatic N) is 1. The highest BCUT2D eigenvalue weighted by Gasteiger charge is 2.17. The van der Waals surface area contributed by atoms with Gasteiger partial charge in [0.05, 0.1) is 0 Å². The Bertz CT molecular complexity index is 335. The van der Waals surface area contributed by atoms with E-state index in [0.717, 1.165) is 13.1 Å². The second kappa shape index (κ2) is 5.46. The third kappa shape index (κ3) is 3.06. The lowest BCUT2D eigenvalue weighted by Gasteiger charge is -2.33. The largest absolute Gasteiger partial charge is 0.311 e. The second-order valence-electron chi connectivity index (χ2n) is 4.78. The lowest BCUT2D eigenvalue weighted by Crippen LogP contribution is -2.49. The van der Waals surface area contributed by atoms with Gasteiger partial charge in [-0.25, -0.2) is 0 Å². The van der Waals surface area contributed by atoms with Gasteiger partial charge >= 0.3 is 0 Å². The van der Waals surface area contributed by atoms with Gasteiger partial charge < -0.3 is 5.32 Å². The summed E-state index contributed by atoms with van der Waals surface area (Å²) in [6, 6.07) is 9.53. The summed E-state index contributed by atoms with van der Waals surface area (Å²) >= 11 is 0. The third-order valence-corrected chi connectivity index (χ3v) is 3.32. The quantitative estimate of drug-likeness (QED) is 0.836. The minimum absolute atomic E-state index is 0.679. The number of nitrogens with one attached hydrogen (secondary N) is 1. The van der Waals surface area contributed by atoms with Crippen LogP contribution in [0.15, 0.2) is 24.3 Å². The maximum absolute atomic E-state index is 3.55. The highest BCUT2D eigenvalue weighted by Crippen LogP contribution is 2.10. The Hall–Kier alpha value is -0.860. The first-order valence-electron chi connectivity index (χ1n) is 6.29. The van der Waals surface area contributed by atoms with Crippen molar-refractivity contribution in [2.45, 2.75) is 32.9 Å². The Kier molecular flexibility index (Phi) is 3.97. The van der Waals surface area contributed by atoms with Gasteiger partial charge in [0.1, 0.15) is 0 Å². The molecular formula is C14H22N2. The number of piperazine rings is 1. The van der Waals surface area contributed by atoms with E-state index in [4.69, 9.17) is 0 Å². The predicted molar refractivity (Wildman–Crippen MR) is 68.5 cm³/mol. The summed E-state index contributed by atoms with van der Waals surface area (Å²) in [6.07, 6.45) is 1.23. The first-order chi connectivity index (χ1) is 7.78. The zero-order valence-corrected chi connectivity index (χ0v) is 10.4. The molecule has 2 nitrogen and oxygen atoms in total. The molecule has 0 bridgehead atoms. The molecule has 0 spiro atoms. The highest BCUT2D eigenvalue weighted by molar-refractivity contribution is 5.22. The van der Waals surface area contributed by atoms with Crippen LogP contribution < -0.4 is 5.32 Å². The Balaban J connectivity index is 1.94. The summed E-state index contributed by atoms with van der Waals surface area (Å²) in [5.74, 6) is 0. The summed E-state index contributed by atoms with van der Waals surface area (Å²) in [6.45, 7) is 9.00.